The Morgan fingerprint density at radius 2 is 1.64 bits per heavy atom. The van der Waals surface area contributed by atoms with Crippen molar-refractivity contribution in [2.24, 2.45) is 5.41 Å². The molecule has 0 aliphatic heterocycles. The van der Waals surface area contributed by atoms with Gasteiger partial charge in [-0.05, 0) is 33.6 Å². The molecule has 0 rings (SSSR count). The summed E-state index contributed by atoms with van der Waals surface area (Å²) < 4.78 is 9.83. The van der Waals surface area contributed by atoms with E-state index in [9.17, 15) is 19.5 Å². The molecule has 7 nitrogen and oxygen atoms in total. The highest BCUT2D eigenvalue weighted by Crippen LogP contribution is 2.30. The maximum absolute atomic E-state index is 12.5. The van der Waals surface area contributed by atoms with Crippen molar-refractivity contribution < 1.29 is 29.0 Å². The molecule has 7 heteroatoms. The molecule has 1 amide bonds. The summed E-state index contributed by atoms with van der Waals surface area (Å²) in [5, 5.41) is 11.5. The van der Waals surface area contributed by atoms with Crippen molar-refractivity contribution in [3.05, 3.63) is 0 Å². The lowest BCUT2D eigenvalue weighted by Crippen LogP contribution is -2.54. The van der Waals surface area contributed by atoms with E-state index in [0.717, 1.165) is 7.11 Å². The molecular weight excluding hydrogens is 290 g/mol. The molecule has 0 bridgehead atoms. The van der Waals surface area contributed by atoms with Gasteiger partial charge in [-0.1, -0.05) is 13.8 Å². The van der Waals surface area contributed by atoms with E-state index in [1.165, 1.54) is 0 Å². The summed E-state index contributed by atoms with van der Waals surface area (Å²) >= 11 is 0. The lowest BCUT2D eigenvalue weighted by atomic mass is 9.81. The fourth-order valence-corrected chi connectivity index (χ4v) is 1.95. The van der Waals surface area contributed by atoms with E-state index < -0.39 is 41.5 Å². The number of amides is 1. The average Bonchev–Trinajstić information content (AvgIpc) is 2.43. The van der Waals surface area contributed by atoms with Crippen LogP contribution in [0.15, 0.2) is 0 Å². The van der Waals surface area contributed by atoms with Gasteiger partial charge in [-0.15, -0.1) is 0 Å². The molecule has 1 atom stereocenters. The highest BCUT2D eigenvalue weighted by atomic mass is 16.6. The number of aliphatic hydroxyl groups excluding tert-OH is 1. The summed E-state index contributed by atoms with van der Waals surface area (Å²) in [6.07, 6.45) is 0.424. The van der Waals surface area contributed by atoms with Gasteiger partial charge in [0.1, 0.15) is 11.0 Å². The van der Waals surface area contributed by atoms with Gasteiger partial charge in [0, 0.05) is 0 Å². The van der Waals surface area contributed by atoms with Crippen LogP contribution in [0.3, 0.4) is 0 Å². The molecule has 0 aromatic rings. The SMILES string of the molecule is CCC(CC)(C(=O)N[C@@H](CO)C(=O)OC)C(=O)OC(C)(C)C. The van der Waals surface area contributed by atoms with E-state index in [4.69, 9.17) is 4.74 Å². The Kier molecular flexibility index (Phi) is 7.52. The second-order valence-corrected chi connectivity index (χ2v) is 6.02. The van der Waals surface area contributed by atoms with Gasteiger partial charge in [0.2, 0.25) is 5.91 Å². The monoisotopic (exact) mass is 317 g/mol. The Balaban J connectivity index is 5.34. The molecule has 128 valence electrons. The van der Waals surface area contributed by atoms with E-state index in [-0.39, 0.29) is 12.8 Å². The number of hydrogen-bond donors (Lipinski definition) is 2. The largest absolute Gasteiger partial charge is 0.467 e. The molecule has 0 unspecified atom stereocenters. The van der Waals surface area contributed by atoms with Crippen LogP contribution in [0.2, 0.25) is 0 Å². The number of ether oxygens (including phenoxy) is 2. The topological polar surface area (TPSA) is 102 Å². The summed E-state index contributed by atoms with van der Waals surface area (Å²) in [5.74, 6) is -2.08. The summed E-state index contributed by atoms with van der Waals surface area (Å²) in [4.78, 5) is 36.4. The van der Waals surface area contributed by atoms with Crippen LogP contribution in [0.1, 0.15) is 47.5 Å². The van der Waals surface area contributed by atoms with Crippen molar-refractivity contribution in [2.45, 2.75) is 59.1 Å². The third-order valence-electron chi connectivity index (χ3n) is 3.40. The first-order valence-corrected chi connectivity index (χ1v) is 7.31. The van der Waals surface area contributed by atoms with E-state index in [0.29, 0.717) is 0 Å². The molecule has 2 N–H and O–H groups in total. The van der Waals surface area contributed by atoms with Crippen LogP contribution in [0, 0.1) is 5.41 Å². The van der Waals surface area contributed by atoms with Gasteiger partial charge in [-0.3, -0.25) is 9.59 Å². The number of hydrogen-bond acceptors (Lipinski definition) is 6. The molecule has 0 saturated heterocycles. The van der Waals surface area contributed by atoms with Crippen LogP contribution in [-0.2, 0) is 23.9 Å². The van der Waals surface area contributed by atoms with Gasteiger partial charge in [0.15, 0.2) is 6.04 Å². The predicted octanol–water partition coefficient (Wildman–Crippen LogP) is 0.785. The molecule has 0 radical (unpaired) electrons. The zero-order valence-electron chi connectivity index (χ0n) is 14.2. The minimum atomic E-state index is -1.41. The maximum atomic E-state index is 12.5. The van der Waals surface area contributed by atoms with Crippen molar-refractivity contribution in [1.29, 1.82) is 0 Å². The first kappa shape index (κ1) is 20.4. The molecule has 0 fully saturated rings. The summed E-state index contributed by atoms with van der Waals surface area (Å²) in [7, 11) is 1.15. The maximum Gasteiger partial charge on any atom is 0.330 e. The molecular formula is C15H27NO6. The number of nitrogens with one attached hydrogen (secondary N) is 1. The Morgan fingerprint density at radius 1 is 1.14 bits per heavy atom. The van der Waals surface area contributed by atoms with E-state index >= 15 is 0 Å². The third kappa shape index (κ3) is 4.98. The van der Waals surface area contributed by atoms with Gasteiger partial charge in [-0.25, -0.2) is 4.79 Å². The number of rotatable bonds is 7. The highest BCUT2D eigenvalue weighted by molar-refractivity contribution is 6.03. The van der Waals surface area contributed by atoms with Crippen LogP contribution in [0.5, 0.6) is 0 Å². The van der Waals surface area contributed by atoms with Crippen LogP contribution >= 0.6 is 0 Å². The van der Waals surface area contributed by atoms with Crippen molar-refractivity contribution in [3.63, 3.8) is 0 Å². The zero-order chi connectivity index (χ0) is 17.6. The fraction of sp³-hybridized carbons (Fsp3) is 0.800. The van der Waals surface area contributed by atoms with Gasteiger partial charge in [-0.2, -0.15) is 0 Å². The number of esters is 2. The van der Waals surface area contributed by atoms with Crippen LogP contribution in [0.4, 0.5) is 0 Å². The molecule has 0 aliphatic rings. The van der Waals surface area contributed by atoms with E-state index in [1.807, 2.05) is 0 Å². The molecule has 0 spiro atoms. The smallest absolute Gasteiger partial charge is 0.330 e. The van der Waals surface area contributed by atoms with Gasteiger partial charge >= 0.3 is 11.9 Å². The number of methoxy groups -OCH3 is 1. The summed E-state index contributed by atoms with van der Waals surface area (Å²) in [5.41, 5.74) is -2.14. The summed E-state index contributed by atoms with van der Waals surface area (Å²) in [6, 6.07) is -1.21. The second-order valence-electron chi connectivity index (χ2n) is 6.02. The number of carbonyl (C=O) groups excluding carboxylic acids is 3. The Labute approximate surface area is 131 Å². The van der Waals surface area contributed by atoms with Crippen molar-refractivity contribution >= 4 is 17.8 Å². The highest BCUT2D eigenvalue weighted by Gasteiger charge is 2.46. The fourth-order valence-electron chi connectivity index (χ4n) is 1.95. The second kappa shape index (κ2) is 8.12. The predicted molar refractivity (Wildman–Crippen MR) is 79.9 cm³/mol. The van der Waals surface area contributed by atoms with Crippen LogP contribution < -0.4 is 5.32 Å². The molecule has 0 aromatic heterocycles. The Hall–Kier alpha value is -1.63. The van der Waals surface area contributed by atoms with Crippen LogP contribution in [0.25, 0.3) is 0 Å². The van der Waals surface area contributed by atoms with Gasteiger partial charge < -0.3 is 19.9 Å². The van der Waals surface area contributed by atoms with Gasteiger partial charge in [0.25, 0.3) is 0 Å². The molecule has 0 saturated carbocycles. The zero-order valence-corrected chi connectivity index (χ0v) is 14.2. The first-order chi connectivity index (χ1) is 10.1. The average molecular weight is 317 g/mol. The van der Waals surface area contributed by atoms with E-state index in [1.54, 1.807) is 34.6 Å². The number of carbonyl (C=O) groups is 3. The quantitative estimate of drug-likeness (QED) is 0.531. The molecule has 0 heterocycles. The van der Waals surface area contributed by atoms with Crippen molar-refractivity contribution in [2.75, 3.05) is 13.7 Å². The standard InChI is InChI=1S/C15H27NO6/c1-7-15(8-2,13(20)22-14(3,4)5)12(19)16-10(9-17)11(18)21-6/h10,17H,7-9H2,1-6H3,(H,16,19)/t10-/m0/s1. The van der Waals surface area contributed by atoms with Crippen molar-refractivity contribution in [1.82, 2.24) is 5.32 Å². The van der Waals surface area contributed by atoms with Crippen LogP contribution in [-0.4, -0.2) is 48.3 Å². The molecule has 0 aliphatic carbocycles. The molecule has 0 aromatic carbocycles. The lowest BCUT2D eigenvalue weighted by molar-refractivity contribution is -0.172. The van der Waals surface area contributed by atoms with Crippen molar-refractivity contribution in [3.8, 4) is 0 Å². The Morgan fingerprint density at radius 3 is 1.95 bits per heavy atom. The van der Waals surface area contributed by atoms with E-state index in [2.05, 4.69) is 10.1 Å². The summed E-state index contributed by atoms with van der Waals surface area (Å²) in [6.45, 7) is 7.91. The molecule has 22 heavy (non-hydrogen) atoms. The minimum Gasteiger partial charge on any atom is -0.467 e. The number of aliphatic hydroxyl groups is 1. The minimum absolute atomic E-state index is 0.212. The first-order valence-electron chi connectivity index (χ1n) is 7.31. The third-order valence-corrected chi connectivity index (χ3v) is 3.40. The normalized spacial score (nSPS) is 13.2. The lowest BCUT2D eigenvalue weighted by Gasteiger charge is -2.32. The Bertz CT molecular complexity index is 409. The van der Waals surface area contributed by atoms with Gasteiger partial charge in [0.05, 0.1) is 13.7 Å².